The Kier molecular flexibility index (Phi) is 4.19. The first-order valence-corrected chi connectivity index (χ1v) is 9.38. The van der Waals surface area contributed by atoms with Crippen molar-refractivity contribution in [2.24, 2.45) is 0 Å². The van der Waals surface area contributed by atoms with Gasteiger partial charge in [-0.3, -0.25) is 9.59 Å². The molecule has 0 unspecified atom stereocenters. The van der Waals surface area contributed by atoms with Crippen molar-refractivity contribution in [3.8, 4) is 0 Å². The van der Waals surface area contributed by atoms with Gasteiger partial charge in [-0.2, -0.15) is 0 Å². The van der Waals surface area contributed by atoms with E-state index in [0.717, 1.165) is 0 Å². The predicted molar refractivity (Wildman–Crippen MR) is 106 cm³/mol. The maximum atomic E-state index is 14.0. The zero-order valence-corrected chi connectivity index (χ0v) is 15.7. The summed E-state index contributed by atoms with van der Waals surface area (Å²) >= 11 is 0. The molecule has 1 N–H and O–H groups in total. The summed E-state index contributed by atoms with van der Waals surface area (Å²) in [5.74, 6) is -1.23. The third-order valence-electron chi connectivity index (χ3n) is 5.28. The van der Waals surface area contributed by atoms with Crippen LogP contribution in [0.2, 0.25) is 0 Å². The lowest BCUT2D eigenvalue weighted by molar-refractivity contribution is 0.0742. The number of piperazine rings is 1. The molecule has 1 saturated heterocycles. The Labute approximate surface area is 168 Å². The number of nitrogens with one attached hydrogen (secondary N) is 1. The molecule has 1 aliphatic heterocycles. The first-order chi connectivity index (χ1) is 14.5. The summed E-state index contributed by atoms with van der Waals surface area (Å²) in [6.07, 6.45) is 0. The van der Waals surface area contributed by atoms with Crippen LogP contribution in [-0.4, -0.2) is 56.8 Å². The van der Waals surface area contributed by atoms with Crippen LogP contribution >= 0.6 is 0 Å². The highest BCUT2D eigenvalue weighted by molar-refractivity contribution is 5.99. The monoisotopic (exact) mass is 410 g/mol. The van der Waals surface area contributed by atoms with Crippen LogP contribution in [0.5, 0.6) is 0 Å². The number of anilines is 1. The largest absolute Gasteiger partial charge is 0.366 e. The highest BCUT2D eigenvalue weighted by Gasteiger charge is 2.28. The lowest BCUT2D eigenvalue weighted by Gasteiger charge is -2.35. The Bertz CT molecular complexity index is 1340. The van der Waals surface area contributed by atoms with Gasteiger partial charge in [-0.25, -0.2) is 13.3 Å². The Morgan fingerprint density at radius 2 is 1.80 bits per heavy atom. The lowest BCUT2D eigenvalue weighted by atomic mass is 10.2. The van der Waals surface area contributed by atoms with Crippen molar-refractivity contribution in [3.63, 3.8) is 0 Å². The number of rotatable bonds is 2. The van der Waals surface area contributed by atoms with Crippen molar-refractivity contribution in [2.75, 3.05) is 31.1 Å². The molecular weight excluding hydrogens is 394 g/mol. The molecule has 2 aromatic carbocycles. The number of benzene rings is 2. The molecule has 0 atom stereocenters. The molecule has 0 spiro atoms. The van der Waals surface area contributed by atoms with E-state index in [-0.39, 0.29) is 22.5 Å². The number of H-pyrrole nitrogens is 1. The van der Waals surface area contributed by atoms with Crippen LogP contribution < -0.4 is 10.5 Å². The van der Waals surface area contributed by atoms with E-state index in [9.17, 15) is 18.4 Å². The van der Waals surface area contributed by atoms with Crippen molar-refractivity contribution in [3.05, 3.63) is 70.1 Å². The normalized spacial score (nSPS) is 14.6. The van der Waals surface area contributed by atoms with Gasteiger partial charge in [0, 0.05) is 26.2 Å². The average molecular weight is 410 g/mol. The number of halogens is 2. The van der Waals surface area contributed by atoms with E-state index in [1.54, 1.807) is 23.1 Å². The fraction of sp³-hybridized carbons (Fsp3) is 0.200. The molecule has 5 rings (SSSR count). The topological polar surface area (TPSA) is 86.6 Å². The second kappa shape index (κ2) is 6.90. The summed E-state index contributed by atoms with van der Waals surface area (Å²) in [5, 5.41) is 7.87. The Morgan fingerprint density at radius 1 is 1.03 bits per heavy atom. The van der Waals surface area contributed by atoms with Crippen molar-refractivity contribution in [1.82, 2.24) is 24.7 Å². The van der Waals surface area contributed by atoms with Crippen molar-refractivity contribution in [2.45, 2.75) is 0 Å². The van der Waals surface area contributed by atoms with E-state index < -0.39 is 17.3 Å². The Hall–Kier alpha value is -3.82. The van der Waals surface area contributed by atoms with E-state index in [4.69, 9.17) is 0 Å². The number of hydrogen-bond acceptors (Lipinski definition) is 5. The molecule has 8 nitrogen and oxygen atoms in total. The van der Waals surface area contributed by atoms with Crippen molar-refractivity contribution >= 4 is 28.1 Å². The van der Waals surface area contributed by atoms with Crippen molar-refractivity contribution < 1.29 is 13.6 Å². The number of aromatic nitrogens is 4. The number of carbonyl (C=O) groups excluding carboxylic acids is 1. The molecule has 30 heavy (non-hydrogen) atoms. The van der Waals surface area contributed by atoms with Crippen LogP contribution in [0.3, 0.4) is 0 Å². The first kappa shape index (κ1) is 18.2. The minimum Gasteiger partial charge on any atom is -0.366 e. The predicted octanol–water partition coefficient (Wildman–Crippen LogP) is 1.81. The van der Waals surface area contributed by atoms with E-state index in [1.807, 2.05) is 4.90 Å². The van der Waals surface area contributed by atoms with Crippen LogP contribution in [0.4, 0.5) is 14.5 Å². The maximum absolute atomic E-state index is 14.0. The minimum atomic E-state index is -0.577. The number of nitrogens with zero attached hydrogens (tertiary/aromatic N) is 5. The number of para-hydroxylation sites is 1. The summed E-state index contributed by atoms with van der Waals surface area (Å²) in [6, 6.07) is 10.4. The molecule has 0 saturated carbocycles. The van der Waals surface area contributed by atoms with E-state index >= 15 is 0 Å². The van der Waals surface area contributed by atoms with Crippen molar-refractivity contribution in [1.29, 1.82) is 0 Å². The molecule has 0 aliphatic carbocycles. The molecule has 10 heteroatoms. The second-order valence-electron chi connectivity index (χ2n) is 7.04. The smallest absolute Gasteiger partial charge is 0.277 e. The van der Waals surface area contributed by atoms with Gasteiger partial charge in [0.25, 0.3) is 11.5 Å². The van der Waals surface area contributed by atoms with E-state index in [1.165, 1.54) is 28.8 Å². The molecule has 1 amide bonds. The lowest BCUT2D eigenvalue weighted by Crippen LogP contribution is -2.49. The highest BCUT2D eigenvalue weighted by atomic mass is 19.1. The fourth-order valence-corrected chi connectivity index (χ4v) is 3.78. The number of carbonyl (C=O) groups is 1. The minimum absolute atomic E-state index is 0.00985. The van der Waals surface area contributed by atoms with Gasteiger partial charge in [-0.1, -0.05) is 17.3 Å². The Morgan fingerprint density at radius 3 is 2.57 bits per heavy atom. The molecule has 1 fully saturated rings. The summed E-state index contributed by atoms with van der Waals surface area (Å²) < 4.78 is 28.7. The standard InChI is InChI=1S/C20H16F2N6O2/c21-12-5-6-16-14(11-12)23-19(29)18-17(24-25-28(16)18)20(30)27-9-7-26(8-10-27)15-4-2-1-3-13(15)22/h1-6,11H,7-10H2,(H,23,29). The van der Waals surface area contributed by atoms with Crippen LogP contribution in [0.25, 0.3) is 16.6 Å². The van der Waals surface area contributed by atoms with Gasteiger partial charge in [-0.05, 0) is 30.3 Å². The zero-order valence-electron chi connectivity index (χ0n) is 15.7. The number of fused-ring (bicyclic) bond motifs is 3. The van der Waals surface area contributed by atoms with Crippen LogP contribution in [0.15, 0.2) is 47.3 Å². The van der Waals surface area contributed by atoms with Gasteiger partial charge >= 0.3 is 0 Å². The van der Waals surface area contributed by atoms with Gasteiger partial charge in [0.05, 0.1) is 16.7 Å². The van der Waals surface area contributed by atoms with Gasteiger partial charge in [-0.15, -0.1) is 5.10 Å². The SMILES string of the molecule is O=C(c1nnn2c1c(=O)[nH]c1cc(F)ccc12)N1CCN(c2ccccc2F)CC1. The molecule has 152 valence electrons. The summed E-state index contributed by atoms with van der Waals surface area (Å²) in [5.41, 5.74) is 0.551. The first-order valence-electron chi connectivity index (χ1n) is 9.38. The quantitative estimate of drug-likeness (QED) is 0.545. The van der Waals surface area contributed by atoms with Crippen LogP contribution in [0, 0.1) is 11.6 Å². The summed E-state index contributed by atoms with van der Waals surface area (Å²) in [6.45, 7) is 1.60. The molecule has 1 aliphatic rings. The van der Waals surface area contributed by atoms with E-state index in [2.05, 4.69) is 15.3 Å². The highest BCUT2D eigenvalue weighted by Crippen LogP contribution is 2.21. The summed E-state index contributed by atoms with van der Waals surface area (Å²) in [4.78, 5) is 31.6. The Balaban J connectivity index is 1.44. The van der Waals surface area contributed by atoms with Crippen LogP contribution in [-0.2, 0) is 0 Å². The van der Waals surface area contributed by atoms with Gasteiger partial charge in [0.2, 0.25) is 0 Å². The van der Waals surface area contributed by atoms with E-state index in [0.29, 0.717) is 37.4 Å². The fourth-order valence-electron chi connectivity index (χ4n) is 3.78. The van der Waals surface area contributed by atoms with Gasteiger partial charge in [0.1, 0.15) is 11.6 Å². The zero-order chi connectivity index (χ0) is 20.8. The molecule has 2 aromatic heterocycles. The second-order valence-corrected chi connectivity index (χ2v) is 7.04. The maximum Gasteiger partial charge on any atom is 0.277 e. The molecular formula is C20H16F2N6O2. The average Bonchev–Trinajstić information content (AvgIpc) is 3.19. The number of hydrogen-bond donors (Lipinski definition) is 1. The molecule has 0 radical (unpaired) electrons. The van der Waals surface area contributed by atoms with Crippen LogP contribution in [0.1, 0.15) is 10.5 Å². The third-order valence-corrected chi connectivity index (χ3v) is 5.28. The molecule has 3 heterocycles. The summed E-state index contributed by atoms with van der Waals surface area (Å²) in [7, 11) is 0. The molecule has 0 bridgehead atoms. The number of amides is 1. The molecule has 4 aromatic rings. The van der Waals surface area contributed by atoms with Gasteiger partial charge in [0.15, 0.2) is 11.2 Å². The van der Waals surface area contributed by atoms with Gasteiger partial charge < -0.3 is 14.8 Å². The third kappa shape index (κ3) is 2.88. The number of aromatic amines is 1.